The number of halogens is 2. The SMILES string of the molecule is C=C(C)c1cnc2c(Cl)cc(Cl)cn12. The van der Waals surface area contributed by atoms with Crippen molar-refractivity contribution in [3.8, 4) is 0 Å². The summed E-state index contributed by atoms with van der Waals surface area (Å²) in [5, 5.41) is 1.13. The molecule has 14 heavy (non-hydrogen) atoms. The van der Waals surface area contributed by atoms with E-state index in [9.17, 15) is 0 Å². The number of pyridine rings is 1. The number of rotatable bonds is 1. The van der Waals surface area contributed by atoms with Crippen LogP contribution in [0.3, 0.4) is 0 Å². The third-order valence-electron chi connectivity index (χ3n) is 1.96. The Bertz CT molecular complexity index is 514. The third kappa shape index (κ3) is 1.41. The molecule has 2 nitrogen and oxygen atoms in total. The Balaban J connectivity index is 2.85. The maximum Gasteiger partial charge on any atom is 0.156 e. The number of hydrogen-bond donors (Lipinski definition) is 0. The Labute approximate surface area is 91.8 Å². The van der Waals surface area contributed by atoms with Crippen molar-refractivity contribution < 1.29 is 0 Å². The van der Waals surface area contributed by atoms with E-state index in [1.807, 2.05) is 11.3 Å². The van der Waals surface area contributed by atoms with Crippen molar-refractivity contribution in [3.63, 3.8) is 0 Å². The first-order valence-corrected chi connectivity index (χ1v) is 4.83. The lowest BCUT2D eigenvalue weighted by Gasteiger charge is -2.02. The molecule has 2 aromatic rings. The van der Waals surface area contributed by atoms with E-state index >= 15 is 0 Å². The van der Waals surface area contributed by atoms with Gasteiger partial charge in [0.15, 0.2) is 5.65 Å². The van der Waals surface area contributed by atoms with Crippen LogP contribution in [0.1, 0.15) is 12.6 Å². The molecular weight excluding hydrogens is 219 g/mol. The second-order valence-electron chi connectivity index (χ2n) is 3.12. The Kier molecular flexibility index (Phi) is 2.25. The smallest absolute Gasteiger partial charge is 0.156 e. The lowest BCUT2D eigenvalue weighted by atomic mass is 10.3. The monoisotopic (exact) mass is 226 g/mol. The molecule has 0 unspecified atom stereocenters. The van der Waals surface area contributed by atoms with Crippen molar-refractivity contribution in [2.45, 2.75) is 6.92 Å². The standard InChI is InChI=1S/C10H8Cl2N2/c1-6(2)9-4-13-10-8(12)3-7(11)5-14(9)10/h3-5H,1H2,2H3. The number of aromatic nitrogens is 2. The minimum Gasteiger partial charge on any atom is -0.297 e. The molecule has 0 aromatic carbocycles. The van der Waals surface area contributed by atoms with E-state index in [-0.39, 0.29) is 0 Å². The molecule has 0 bridgehead atoms. The maximum atomic E-state index is 5.98. The first-order valence-electron chi connectivity index (χ1n) is 4.07. The quantitative estimate of drug-likeness (QED) is 0.726. The lowest BCUT2D eigenvalue weighted by Crippen LogP contribution is -1.90. The van der Waals surface area contributed by atoms with Crippen LogP contribution in [-0.2, 0) is 0 Å². The van der Waals surface area contributed by atoms with Crippen molar-refractivity contribution >= 4 is 34.4 Å². The Morgan fingerprint density at radius 3 is 2.86 bits per heavy atom. The van der Waals surface area contributed by atoms with Gasteiger partial charge in [-0.2, -0.15) is 0 Å². The minimum absolute atomic E-state index is 0.546. The molecule has 0 spiro atoms. The Morgan fingerprint density at radius 2 is 2.21 bits per heavy atom. The molecule has 0 saturated heterocycles. The van der Waals surface area contributed by atoms with Gasteiger partial charge in [0.05, 0.1) is 21.9 Å². The van der Waals surface area contributed by atoms with E-state index in [2.05, 4.69) is 11.6 Å². The van der Waals surface area contributed by atoms with Gasteiger partial charge in [-0.3, -0.25) is 4.40 Å². The zero-order valence-electron chi connectivity index (χ0n) is 7.59. The number of allylic oxidation sites excluding steroid dienone is 1. The van der Waals surface area contributed by atoms with Crippen molar-refractivity contribution in [2.24, 2.45) is 0 Å². The Morgan fingerprint density at radius 1 is 1.50 bits per heavy atom. The third-order valence-corrected chi connectivity index (χ3v) is 2.45. The van der Waals surface area contributed by atoms with Crippen LogP contribution in [0.25, 0.3) is 11.2 Å². The van der Waals surface area contributed by atoms with Crippen LogP contribution >= 0.6 is 23.2 Å². The molecule has 72 valence electrons. The summed E-state index contributed by atoms with van der Waals surface area (Å²) in [4.78, 5) is 4.19. The van der Waals surface area contributed by atoms with Crippen molar-refractivity contribution in [3.05, 3.63) is 40.8 Å². The highest BCUT2D eigenvalue weighted by Crippen LogP contribution is 2.24. The summed E-state index contributed by atoms with van der Waals surface area (Å²) in [6, 6.07) is 1.67. The van der Waals surface area contributed by atoms with Gasteiger partial charge in [0, 0.05) is 6.20 Å². The first kappa shape index (κ1) is 9.56. The molecule has 2 aromatic heterocycles. The van der Waals surface area contributed by atoms with Crippen LogP contribution in [0.5, 0.6) is 0 Å². The van der Waals surface area contributed by atoms with Gasteiger partial charge in [-0.05, 0) is 18.6 Å². The van der Waals surface area contributed by atoms with Crippen molar-refractivity contribution in [1.82, 2.24) is 9.38 Å². The predicted octanol–water partition coefficient (Wildman–Crippen LogP) is 3.67. The molecule has 0 N–H and O–H groups in total. The summed E-state index contributed by atoms with van der Waals surface area (Å²) < 4.78 is 1.84. The zero-order valence-corrected chi connectivity index (χ0v) is 9.10. The van der Waals surface area contributed by atoms with Crippen LogP contribution in [0.4, 0.5) is 0 Å². The van der Waals surface area contributed by atoms with Gasteiger partial charge in [0.2, 0.25) is 0 Å². The van der Waals surface area contributed by atoms with E-state index in [0.717, 1.165) is 11.3 Å². The number of hydrogen-bond acceptors (Lipinski definition) is 1. The fourth-order valence-electron chi connectivity index (χ4n) is 1.33. The summed E-state index contributed by atoms with van der Waals surface area (Å²) >= 11 is 11.9. The van der Waals surface area contributed by atoms with E-state index in [0.29, 0.717) is 15.7 Å². The van der Waals surface area contributed by atoms with E-state index in [1.165, 1.54) is 0 Å². The highest BCUT2D eigenvalue weighted by molar-refractivity contribution is 6.36. The molecule has 0 amide bonds. The highest BCUT2D eigenvalue weighted by atomic mass is 35.5. The van der Waals surface area contributed by atoms with Gasteiger partial charge in [0.1, 0.15) is 0 Å². The minimum atomic E-state index is 0.546. The molecular formula is C10H8Cl2N2. The summed E-state index contributed by atoms with van der Waals surface area (Å²) in [5.41, 5.74) is 2.55. The van der Waals surface area contributed by atoms with Gasteiger partial charge in [-0.15, -0.1) is 0 Å². The van der Waals surface area contributed by atoms with Gasteiger partial charge in [0.25, 0.3) is 0 Å². The van der Waals surface area contributed by atoms with Crippen LogP contribution < -0.4 is 0 Å². The fraction of sp³-hybridized carbons (Fsp3) is 0.100. The molecule has 0 atom stereocenters. The number of imidazole rings is 1. The van der Waals surface area contributed by atoms with E-state index in [4.69, 9.17) is 23.2 Å². The second-order valence-corrected chi connectivity index (χ2v) is 3.97. The predicted molar refractivity (Wildman–Crippen MR) is 59.9 cm³/mol. The number of fused-ring (bicyclic) bond motifs is 1. The van der Waals surface area contributed by atoms with Crippen LogP contribution in [0.15, 0.2) is 25.0 Å². The van der Waals surface area contributed by atoms with Gasteiger partial charge in [-0.1, -0.05) is 29.8 Å². The first-order chi connectivity index (χ1) is 6.59. The Hall–Kier alpha value is -0.990. The zero-order chi connectivity index (χ0) is 10.3. The molecule has 0 radical (unpaired) electrons. The summed E-state index contributed by atoms with van der Waals surface area (Å²) in [5.74, 6) is 0. The summed E-state index contributed by atoms with van der Waals surface area (Å²) in [6.45, 7) is 5.78. The van der Waals surface area contributed by atoms with Crippen molar-refractivity contribution in [2.75, 3.05) is 0 Å². The molecule has 4 heteroatoms. The van der Waals surface area contributed by atoms with Crippen LogP contribution in [-0.4, -0.2) is 9.38 Å². The fourth-order valence-corrected chi connectivity index (χ4v) is 1.85. The van der Waals surface area contributed by atoms with Gasteiger partial charge >= 0.3 is 0 Å². The molecule has 0 aliphatic heterocycles. The van der Waals surface area contributed by atoms with Crippen LogP contribution in [0, 0.1) is 0 Å². The molecule has 0 saturated carbocycles. The molecule has 2 rings (SSSR count). The highest BCUT2D eigenvalue weighted by Gasteiger charge is 2.07. The normalized spacial score (nSPS) is 10.8. The van der Waals surface area contributed by atoms with E-state index in [1.54, 1.807) is 18.5 Å². The molecule has 0 fully saturated rings. The lowest BCUT2D eigenvalue weighted by molar-refractivity contribution is 1.15. The summed E-state index contributed by atoms with van der Waals surface area (Å²) in [6.07, 6.45) is 3.51. The molecule has 0 aliphatic rings. The molecule has 2 heterocycles. The average Bonchev–Trinajstić information content (AvgIpc) is 2.47. The van der Waals surface area contributed by atoms with Gasteiger partial charge < -0.3 is 0 Å². The van der Waals surface area contributed by atoms with E-state index < -0.39 is 0 Å². The van der Waals surface area contributed by atoms with Crippen LogP contribution in [0.2, 0.25) is 10.0 Å². The number of nitrogens with zero attached hydrogens (tertiary/aromatic N) is 2. The molecule has 0 aliphatic carbocycles. The van der Waals surface area contributed by atoms with Crippen molar-refractivity contribution in [1.29, 1.82) is 0 Å². The topological polar surface area (TPSA) is 17.3 Å². The summed E-state index contributed by atoms with van der Waals surface area (Å²) in [7, 11) is 0. The largest absolute Gasteiger partial charge is 0.297 e. The average molecular weight is 227 g/mol. The second kappa shape index (κ2) is 3.30. The van der Waals surface area contributed by atoms with Gasteiger partial charge in [-0.25, -0.2) is 4.98 Å². The maximum absolute atomic E-state index is 5.98.